The molecule has 0 atom stereocenters. The number of para-hydroxylation sites is 2. The fourth-order valence-electron chi connectivity index (χ4n) is 3.13. The molecule has 0 saturated carbocycles. The van der Waals surface area contributed by atoms with Crippen molar-refractivity contribution in [3.05, 3.63) is 70.4 Å². The zero-order chi connectivity index (χ0) is 18.1. The molecular weight excluding hydrogens is 330 g/mol. The van der Waals surface area contributed by atoms with Gasteiger partial charge in [-0.15, -0.1) is 0 Å². The number of fused-ring (bicyclic) bond motifs is 2. The second-order valence-electron chi connectivity index (χ2n) is 6.00. The van der Waals surface area contributed by atoms with Crippen molar-refractivity contribution in [3.8, 4) is 0 Å². The van der Waals surface area contributed by atoms with Crippen LogP contribution < -0.4 is 10.9 Å². The minimum absolute atomic E-state index is 0.215. The average Bonchev–Trinajstić information content (AvgIpc) is 2.98. The zero-order valence-corrected chi connectivity index (χ0v) is 14.2. The lowest BCUT2D eigenvalue weighted by Gasteiger charge is -2.09. The highest BCUT2D eigenvalue weighted by atomic mass is 16.2. The van der Waals surface area contributed by atoms with E-state index in [4.69, 9.17) is 0 Å². The summed E-state index contributed by atoms with van der Waals surface area (Å²) in [4.78, 5) is 28.9. The van der Waals surface area contributed by atoms with Crippen LogP contribution in [0.3, 0.4) is 0 Å². The molecule has 7 nitrogen and oxygen atoms in total. The van der Waals surface area contributed by atoms with Crippen molar-refractivity contribution in [2.75, 3.05) is 6.54 Å². The Morgan fingerprint density at radius 3 is 2.69 bits per heavy atom. The molecule has 7 heteroatoms. The second-order valence-corrected chi connectivity index (χ2v) is 6.00. The first kappa shape index (κ1) is 16.0. The van der Waals surface area contributed by atoms with E-state index < -0.39 is 0 Å². The van der Waals surface area contributed by atoms with Gasteiger partial charge in [-0.2, -0.15) is 5.10 Å². The smallest absolute Gasteiger partial charge is 0.272 e. The molecule has 4 aromatic rings. The molecule has 26 heavy (non-hydrogen) atoms. The number of carbonyl (C=O) groups excluding carboxylic acids is 1. The zero-order valence-electron chi connectivity index (χ0n) is 14.2. The summed E-state index contributed by atoms with van der Waals surface area (Å²) < 4.78 is 2.06. The number of hydrogen-bond donors (Lipinski definition) is 2. The van der Waals surface area contributed by atoms with Crippen molar-refractivity contribution < 1.29 is 4.79 Å². The van der Waals surface area contributed by atoms with E-state index in [1.165, 1.54) is 0 Å². The van der Waals surface area contributed by atoms with Gasteiger partial charge in [-0.05, 0) is 25.1 Å². The maximum atomic E-state index is 12.5. The SMILES string of the molecule is Cc1nc2ccccc2n1CCNC(=O)c1n[nH]c(=O)c2ccccc12. The average molecular weight is 347 g/mol. The first-order chi connectivity index (χ1) is 12.6. The maximum Gasteiger partial charge on any atom is 0.272 e. The Morgan fingerprint density at radius 1 is 1.12 bits per heavy atom. The van der Waals surface area contributed by atoms with Gasteiger partial charge in [-0.25, -0.2) is 10.1 Å². The van der Waals surface area contributed by atoms with Gasteiger partial charge in [0.05, 0.1) is 16.4 Å². The van der Waals surface area contributed by atoms with Crippen LogP contribution in [0, 0.1) is 6.92 Å². The number of aromatic amines is 1. The van der Waals surface area contributed by atoms with Gasteiger partial charge in [0.25, 0.3) is 11.5 Å². The molecule has 0 unspecified atom stereocenters. The Balaban J connectivity index is 1.54. The molecule has 0 spiro atoms. The summed E-state index contributed by atoms with van der Waals surface area (Å²) in [6, 6.07) is 14.8. The standard InChI is InChI=1S/C19H17N5O2/c1-12-21-15-8-4-5-9-16(15)24(12)11-10-20-19(26)17-13-6-2-3-7-14(13)18(25)23-22-17/h2-9H,10-11H2,1H3,(H,20,26)(H,23,25). The Morgan fingerprint density at radius 2 is 1.85 bits per heavy atom. The Bertz CT molecular complexity index is 1180. The summed E-state index contributed by atoms with van der Waals surface area (Å²) in [6.07, 6.45) is 0. The molecule has 0 saturated heterocycles. The second kappa shape index (κ2) is 6.44. The molecule has 1 amide bonds. The van der Waals surface area contributed by atoms with Gasteiger partial charge >= 0.3 is 0 Å². The molecular formula is C19H17N5O2. The van der Waals surface area contributed by atoms with Gasteiger partial charge in [0.1, 0.15) is 5.82 Å². The lowest BCUT2D eigenvalue weighted by atomic mass is 10.1. The first-order valence-electron chi connectivity index (χ1n) is 8.32. The molecule has 0 aliphatic heterocycles. The number of nitrogens with one attached hydrogen (secondary N) is 2. The molecule has 2 N–H and O–H groups in total. The molecule has 0 fully saturated rings. The van der Waals surface area contributed by atoms with E-state index >= 15 is 0 Å². The van der Waals surface area contributed by atoms with E-state index in [0.717, 1.165) is 16.9 Å². The van der Waals surface area contributed by atoms with Crippen molar-refractivity contribution in [1.29, 1.82) is 0 Å². The van der Waals surface area contributed by atoms with Gasteiger partial charge in [0.15, 0.2) is 5.69 Å². The van der Waals surface area contributed by atoms with E-state index in [0.29, 0.717) is 23.9 Å². The van der Waals surface area contributed by atoms with Crippen molar-refractivity contribution in [3.63, 3.8) is 0 Å². The van der Waals surface area contributed by atoms with Gasteiger partial charge < -0.3 is 9.88 Å². The molecule has 0 bridgehead atoms. The van der Waals surface area contributed by atoms with E-state index in [1.54, 1.807) is 24.3 Å². The number of aromatic nitrogens is 4. The topological polar surface area (TPSA) is 92.7 Å². The van der Waals surface area contributed by atoms with Crippen LogP contribution in [0.5, 0.6) is 0 Å². The van der Waals surface area contributed by atoms with Crippen molar-refractivity contribution in [2.45, 2.75) is 13.5 Å². The summed E-state index contributed by atoms with van der Waals surface area (Å²) in [5, 5.41) is 10.2. The molecule has 4 rings (SSSR count). The van der Waals surface area contributed by atoms with Crippen LogP contribution in [-0.2, 0) is 6.54 Å². The molecule has 0 radical (unpaired) electrons. The highest BCUT2D eigenvalue weighted by Gasteiger charge is 2.14. The number of amides is 1. The Kier molecular flexibility index (Phi) is 3.96. The number of carbonyl (C=O) groups is 1. The van der Waals surface area contributed by atoms with Crippen LogP contribution in [0.25, 0.3) is 21.8 Å². The highest BCUT2D eigenvalue weighted by molar-refractivity contribution is 6.04. The predicted molar refractivity (Wildman–Crippen MR) is 99.2 cm³/mol. The minimum atomic E-state index is -0.320. The van der Waals surface area contributed by atoms with Crippen molar-refractivity contribution in [2.24, 2.45) is 0 Å². The molecule has 2 heterocycles. The fourth-order valence-corrected chi connectivity index (χ4v) is 3.13. The van der Waals surface area contributed by atoms with Gasteiger partial charge in [0.2, 0.25) is 0 Å². The Hall–Kier alpha value is -3.48. The molecule has 0 aliphatic carbocycles. The van der Waals surface area contributed by atoms with Crippen LogP contribution in [0.15, 0.2) is 53.3 Å². The van der Waals surface area contributed by atoms with Crippen LogP contribution in [0.1, 0.15) is 16.3 Å². The number of aryl methyl sites for hydroxylation is 1. The van der Waals surface area contributed by atoms with E-state index in [1.807, 2.05) is 31.2 Å². The number of benzene rings is 2. The molecule has 0 aliphatic rings. The Labute approximate surface area is 148 Å². The summed E-state index contributed by atoms with van der Waals surface area (Å²) >= 11 is 0. The number of H-pyrrole nitrogens is 1. The minimum Gasteiger partial charge on any atom is -0.349 e. The third kappa shape index (κ3) is 2.73. The summed E-state index contributed by atoms with van der Waals surface area (Å²) in [5.74, 6) is 0.576. The monoisotopic (exact) mass is 347 g/mol. The number of hydrogen-bond acceptors (Lipinski definition) is 4. The fraction of sp³-hybridized carbons (Fsp3) is 0.158. The third-order valence-electron chi connectivity index (χ3n) is 4.38. The lowest BCUT2D eigenvalue weighted by Crippen LogP contribution is -2.29. The number of nitrogens with zero attached hydrogens (tertiary/aromatic N) is 3. The van der Waals surface area contributed by atoms with Crippen LogP contribution in [-0.4, -0.2) is 32.2 Å². The summed E-state index contributed by atoms with van der Waals surface area (Å²) in [5.41, 5.74) is 1.88. The van der Waals surface area contributed by atoms with E-state index in [2.05, 4.69) is 25.1 Å². The molecule has 2 aromatic carbocycles. The van der Waals surface area contributed by atoms with Crippen LogP contribution >= 0.6 is 0 Å². The maximum absolute atomic E-state index is 12.5. The van der Waals surface area contributed by atoms with Crippen LogP contribution in [0.4, 0.5) is 0 Å². The van der Waals surface area contributed by atoms with Crippen LogP contribution in [0.2, 0.25) is 0 Å². The van der Waals surface area contributed by atoms with E-state index in [9.17, 15) is 9.59 Å². The van der Waals surface area contributed by atoms with Gasteiger partial charge in [-0.1, -0.05) is 30.3 Å². The largest absolute Gasteiger partial charge is 0.349 e. The summed E-state index contributed by atoms with van der Waals surface area (Å²) in [6.45, 7) is 2.97. The first-order valence-corrected chi connectivity index (χ1v) is 8.32. The van der Waals surface area contributed by atoms with Gasteiger partial charge in [0, 0.05) is 18.5 Å². The molecule has 130 valence electrons. The number of rotatable bonds is 4. The predicted octanol–water partition coefficient (Wildman–Crippen LogP) is 2.01. The number of imidazole rings is 1. The third-order valence-corrected chi connectivity index (χ3v) is 4.38. The van der Waals surface area contributed by atoms with Crippen molar-refractivity contribution in [1.82, 2.24) is 25.1 Å². The molecule has 2 aromatic heterocycles. The normalized spacial score (nSPS) is 11.1. The van der Waals surface area contributed by atoms with Crippen molar-refractivity contribution >= 4 is 27.7 Å². The quantitative estimate of drug-likeness (QED) is 0.591. The lowest BCUT2D eigenvalue weighted by molar-refractivity contribution is 0.0948. The highest BCUT2D eigenvalue weighted by Crippen LogP contribution is 2.15. The van der Waals surface area contributed by atoms with E-state index in [-0.39, 0.29) is 17.2 Å². The van der Waals surface area contributed by atoms with Gasteiger partial charge in [-0.3, -0.25) is 9.59 Å². The summed E-state index contributed by atoms with van der Waals surface area (Å²) in [7, 11) is 0.